The van der Waals surface area contributed by atoms with E-state index in [1.54, 1.807) is 6.20 Å². The Morgan fingerprint density at radius 3 is 2.71 bits per heavy atom. The standard InChI is InChI=1S/C24H27N5O2/c1-3-19(30)29-11-10-17(13-29)22-20(21-18(28(22)2)12-26-27-24(21)25)14-4-6-15(7-5-14)23(31)16-8-9-16/h3-7,12,16-17,23,31H,1,8-11,13H2,2H3,(H2,25,27). The molecule has 3 heterocycles. The minimum absolute atomic E-state index is 0.0379. The van der Waals surface area contributed by atoms with Crippen LogP contribution < -0.4 is 5.73 Å². The lowest BCUT2D eigenvalue weighted by molar-refractivity contribution is -0.125. The number of hydrogen-bond donors (Lipinski definition) is 2. The highest BCUT2D eigenvalue weighted by molar-refractivity contribution is 6.04. The van der Waals surface area contributed by atoms with Crippen LogP contribution in [0.25, 0.3) is 22.0 Å². The van der Waals surface area contributed by atoms with Crippen molar-refractivity contribution in [3.63, 3.8) is 0 Å². The summed E-state index contributed by atoms with van der Waals surface area (Å²) in [6, 6.07) is 8.13. The first-order chi connectivity index (χ1) is 15.0. The average Bonchev–Trinajstić information content (AvgIpc) is 3.45. The van der Waals surface area contributed by atoms with E-state index in [2.05, 4.69) is 33.5 Å². The van der Waals surface area contributed by atoms with Crippen molar-refractivity contribution >= 4 is 22.6 Å². The smallest absolute Gasteiger partial charge is 0.245 e. The van der Waals surface area contributed by atoms with Crippen LogP contribution in [-0.4, -0.2) is 43.8 Å². The number of aryl methyl sites for hydroxylation is 1. The maximum absolute atomic E-state index is 12.2. The fourth-order valence-corrected chi connectivity index (χ4v) is 4.94. The summed E-state index contributed by atoms with van der Waals surface area (Å²) in [4.78, 5) is 14.0. The number of carbonyl (C=O) groups excluding carboxylic acids is 1. The number of benzene rings is 1. The molecule has 2 aromatic heterocycles. The van der Waals surface area contributed by atoms with Crippen LogP contribution in [0.5, 0.6) is 0 Å². The fraction of sp³-hybridized carbons (Fsp3) is 0.375. The van der Waals surface area contributed by atoms with Gasteiger partial charge < -0.3 is 20.3 Å². The van der Waals surface area contributed by atoms with Crippen molar-refractivity contribution < 1.29 is 9.90 Å². The van der Waals surface area contributed by atoms with Crippen molar-refractivity contribution in [1.82, 2.24) is 19.7 Å². The lowest BCUT2D eigenvalue weighted by atomic mass is 9.93. The number of carbonyl (C=O) groups is 1. The number of fused-ring (bicyclic) bond motifs is 1. The van der Waals surface area contributed by atoms with Gasteiger partial charge in [0.05, 0.1) is 23.2 Å². The molecular weight excluding hydrogens is 390 g/mol. The summed E-state index contributed by atoms with van der Waals surface area (Å²) in [7, 11) is 2.02. The van der Waals surface area contributed by atoms with Gasteiger partial charge in [-0.3, -0.25) is 4.79 Å². The second kappa shape index (κ2) is 7.50. The van der Waals surface area contributed by atoms with Crippen LogP contribution in [0.4, 0.5) is 5.82 Å². The van der Waals surface area contributed by atoms with E-state index in [1.807, 2.05) is 24.1 Å². The highest BCUT2D eigenvalue weighted by Gasteiger charge is 2.33. The van der Waals surface area contributed by atoms with Crippen LogP contribution in [0.1, 0.15) is 42.5 Å². The minimum Gasteiger partial charge on any atom is -0.388 e. The number of hydrogen-bond acceptors (Lipinski definition) is 5. The molecule has 1 aliphatic carbocycles. The van der Waals surface area contributed by atoms with E-state index >= 15 is 0 Å². The summed E-state index contributed by atoms with van der Waals surface area (Å²) < 4.78 is 2.13. The number of aliphatic hydroxyl groups is 1. The minimum atomic E-state index is -0.398. The van der Waals surface area contributed by atoms with Crippen LogP contribution >= 0.6 is 0 Å². The Morgan fingerprint density at radius 1 is 1.29 bits per heavy atom. The zero-order valence-electron chi connectivity index (χ0n) is 17.7. The molecule has 31 heavy (non-hydrogen) atoms. The number of amides is 1. The second-order valence-electron chi connectivity index (χ2n) is 8.69. The predicted molar refractivity (Wildman–Crippen MR) is 120 cm³/mol. The quantitative estimate of drug-likeness (QED) is 0.622. The lowest BCUT2D eigenvalue weighted by Gasteiger charge is -2.17. The summed E-state index contributed by atoms with van der Waals surface area (Å²) in [5.41, 5.74) is 11.4. The van der Waals surface area contributed by atoms with Gasteiger partial charge >= 0.3 is 0 Å². The van der Waals surface area contributed by atoms with Gasteiger partial charge in [-0.1, -0.05) is 30.8 Å². The number of likely N-dealkylation sites (tertiary alicyclic amines) is 1. The zero-order chi connectivity index (χ0) is 21.7. The number of nitrogens with two attached hydrogens (primary N) is 1. The van der Waals surface area contributed by atoms with E-state index < -0.39 is 6.10 Å². The first-order valence-electron chi connectivity index (χ1n) is 10.8. The van der Waals surface area contributed by atoms with Gasteiger partial charge in [0.15, 0.2) is 5.82 Å². The zero-order valence-corrected chi connectivity index (χ0v) is 17.7. The van der Waals surface area contributed by atoms with Gasteiger partial charge in [-0.15, -0.1) is 5.10 Å². The normalized spacial score (nSPS) is 19.7. The third-order valence-corrected chi connectivity index (χ3v) is 6.76. The third-order valence-electron chi connectivity index (χ3n) is 6.76. The molecule has 3 aromatic rings. The largest absolute Gasteiger partial charge is 0.388 e. The first kappa shape index (κ1) is 19.8. The molecule has 2 atom stereocenters. The molecule has 3 N–H and O–H groups in total. The topological polar surface area (TPSA) is 97.3 Å². The van der Waals surface area contributed by atoms with Crippen LogP contribution in [0.3, 0.4) is 0 Å². The van der Waals surface area contributed by atoms with Gasteiger partial charge in [0.25, 0.3) is 0 Å². The van der Waals surface area contributed by atoms with E-state index in [0.29, 0.717) is 24.8 Å². The Labute approximate surface area is 181 Å². The third kappa shape index (κ3) is 3.29. The Morgan fingerprint density at radius 2 is 2.03 bits per heavy atom. The number of nitrogens with zero attached hydrogens (tertiary/aromatic N) is 4. The molecule has 1 saturated heterocycles. The Bertz CT molecular complexity index is 1160. The van der Waals surface area contributed by atoms with Crippen molar-refractivity contribution in [2.75, 3.05) is 18.8 Å². The number of nitrogen functional groups attached to an aromatic ring is 1. The average molecular weight is 418 g/mol. The summed E-state index contributed by atoms with van der Waals surface area (Å²) in [6.45, 7) is 4.96. The second-order valence-corrected chi connectivity index (χ2v) is 8.69. The number of aromatic nitrogens is 3. The molecule has 1 saturated carbocycles. The van der Waals surface area contributed by atoms with Crippen LogP contribution in [0.2, 0.25) is 0 Å². The molecule has 1 aliphatic heterocycles. The number of anilines is 1. The van der Waals surface area contributed by atoms with Crippen LogP contribution in [-0.2, 0) is 11.8 Å². The summed E-state index contributed by atoms with van der Waals surface area (Å²) >= 11 is 0. The molecule has 7 heteroatoms. The first-order valence-corrected chi connectivity index (χ1v) is 10.8. The monoisotopic (exact) mass is 417 g/mol. The van der Waals surface area contributed by atoms with Gasteiger partial charge in [-0.25, -0.2) is 0 Å². The molecule has 2 unspecified atom stereocenters. The van der Waals surface area contributed by atoms with Gasteiger partial charge in [0.2, 0.25) is 5.91 Å². The molecule has 7 nitrogen and oxygen atoms in total. The van der Waals surface area contributed by atoms with E-state index in [9.17, 15) is 9.90 Å². The molecule has 0 spiro atoms. The maximum Gasteiger partial charge on any atom is 0.245 e. The van der Waals surface area contributed by atoms with Crippen molar-refractivity contribution in [2.45, 2.75) is 31.3 Å². The Balaban J connectivity index is 1.62. The van der Waals surface area contributed by atoms with Gasteiger partial charge in [0.1, 0.15) is 0 Å². The van der Waals surface area contributed by atoms with Crippen molar-refractivity contribution in [1.29, 1.82) is 0 Å². The van der Waals surface area contributed by atoms with Gasteiger partial charge in [-0.2, -0.15) is 5.10 Å². The highest BCUT2D eigenvalue weighted by Crippen LogP contribution is 2.44. The van der Waals surface area contributed by atoms with E-state index in [-0.39, 0.29) is 11.8 Å². The van der Waals surface area contributed by atoms with E-state index in [4.69, 9.17) is 5.73 Å². The van der Waals surface area contributed by atoms with Gasteiger partial charge in [0, 0.05) is 37.3 Å². The number of aliphatic hydroxyl groups excluding tert-OH is 1. The summed E-state index contributed by atoms with van der Waals surface area (Å²) in [6.07, 6.45) is 5.77. The molecule has 5 rings (SSSR count). The van der Waals surface area contributed by atoms with Crippen LogP contribution in [0.15, 0.2) is 43.1 Å². The van der Waals surface area contributed by atoms with E-state index in [1.165, 1.54) is 6.08 Å². The summed E-state index contributed by atoms with van der Waals surface area (Å²) in [5, 5.41) is 19.5. The molecule has 160 valence electrons. The van der Waals surface area contributed by atoms with Gasteiger partial charge in [-0.05, 0) is 42.4 Å². The predicted octanol–water partition coefficient (Wildman–Crippen LogP) is 3.16. The maximum atomic E-state index is 12.2. The molecule has 2 aliphatic rings. The fourth-order valence-electron chi connectivity index (χ4n) is 4.94. The molecule has 0 radical (unpaired) electrons. The lowest BCUT2D eigenvalue weighted by Crippen LogP contribution is -2.26. The molecule has 0 bridgehead atoms. The van der Waals surface area contributed by atoms with Crippen molar-refractivity contribution in [3.8, 4) is 11.1 Å². The van der Waals surface area contributed by atoms with Crippen molar-refractivity contribution in [2.24, 2.45) is 13.0 Å². The van der Waals surface area contributed by atoms with Crippen LogP contribution in [0, 0.1) is 5.92 Å². The summed E-state index contributed by atoms with van der Waals surface area (Å²) in [5.74, 6) is 0.918. The number of rotatable bonds is 5. The molecule has 1 aromatic carbocycles. The van der Waals surface area contributed by atoms with E-state index in [0.717, 1.165) is 52.5 Å². The molecule has 1 amide bonds. The Kier molecular flexibility index (Phi) is 4.78. The highest BCUT2D eigenvalue weighted by atomic mass is 16.3. The van der Waals surface area contributed by atoms with Crippen molar-refractivity contribution in [3.05, 3.63) is 54.4 Å². The molecular formula is C24H27N5O2. The molecule has 2 fully saturated rings. The SMILES string of the molecule is C=CC(=O)N1CCC(c2c(-c3ccc(C(O)C4CC4)cc3)c3c(N)nncc3n2C)C1. The Hall–Kier alpha value is -3.19.